The molecule has 1 saturated heterocycles. The highest BCUT2D eigenvalue weighted by Crippen LogP contribution is 2.44. The molecule has 0 radical (unpaired) electrons. The maximum absolute atomic E-state index is 4.99. The van der Waals surface area contributed by atoms with Gasteiger partial charge in [0.15, 0.2) is 5.13 Å². The fourth-order valence-corrected chi connectivity index (χ4v) is 4.19. The Balaban J connectivity index is 1.77. The lowest BCUT2D eigenvalue weighted by Crippen LogP contribution is -2.45. The molecule has 2 aliphatic rings. The van der Waals surface area contributed by atoms with Crippen molar-refractivity contribution < 1.29 is 0 Å². The van der Waals surface area contributed by atoms with Crippen molar-refractivity contribution in [1.82, 2.24) is 15.2 Å². The summed E-state index contributed by atoms with van der Waals surface area (Å²) in [5, 5.41) is 4.55. The van der Waals surface area contributed by atoms with Crippen molar-refractivity contribution in [3.63, 3.8) is 0 Å². The van der Waals surface area contributed by atoms with E-state index in [4.69, 9.17) is 4.98 Å². The molecule has 1 atom stereocenters. The molecule has 1 N–H and O–H groups in total. The van der Waals surface area contributed by atoms with Crippen molar-refractivity contribution in [3.05, 3.63) is 10.6 Å². The van der Waals surface area contributed by atoms with E-state index in [1.807, 2.05) is 18.4 Å². The Morgan fingerprint density at radius 3 is 2.80 bits per heavy atom. The molecule has 1 aromatic rings. The van der Waals surface area contributed by atoms with Crippen LogP contribution >= 0.6 is 11.3 Å². The van der Waals surface area contributed by atoms with Gasteiger partial charge in [0.1, 0.15) is 0 Å². The summed E-state index contributed by atoms with van der Waals surface area (Å²) in [7, 11) is 6.41. The van der Waals surface area contributed by atoms with E-state index in [2.05, 4.69) is 29.2 Å². The normalized spacial score (nSPS) is 23.6. The molecule has 0 bridgehead atoms. The second-order valence-corrected chi connectivity index (χ2v) is 7.38. The van der Waals surface area contributed by atoms with Gasteiger partial charge in [-0.05, 0) is 46.8 Å². The highest BCUT2D eigenvalue weighted by Gasteiger charge is 2.31. The van der Waals surface area contributed by atoms with E-state index in [0.29, 0.717) is 6.04 Å². The third-order valence-electron chi connectivity index (χ3n) is 4.41. The first-order valence-electron chi connectivity index (χ1n) is 7.74. The van der Waals surface area contributed by atoms with Crippen molar-refractivity contribution in [2.45, 2.75) is 44.2 Å². The maximum Gasteiger partial charge on any atom is 0.185 e. The molecule has 5 heteroatoms. The number of likely N-dealkylation sites (N-methyl/N-ethyl adjacent to an activating group) is 1. The van der Waals surface area contributed by atoms with Gasteiger partial charge in [-0.1, -0.05) is 0 Å². The zero-order valence-corrected chi connectivity index (χ0v) is 13.7. The summed E-state index contributed by atoms with van der Waals surface area (Å²) in [6.45, 7) is 3.26. The topological polar surface area (TPSA) is 31.4 Å². The minimum absolute atomic E-state index is 0.671. The molecule has 1 aromatic heterocycles. The van der Waals surface area contributed by atoms with Crippen LogP contribution in [0.4, 0.5) is 5.13 Å². The third kappa shape index (κ3) is 3.00. The monoisotopic (exact) mass is 294 g/mol. The van der Waals surface area contributed by atoms with Gasteiger partial charge < -0.3 is 15.1 Å². The lowest BCUT2D eigenvalue weighted by atomic mass is 10.1. The highest BCUT2D eigenvalue weighted by molar-refractivity contribution is 7.15. The number of piperidine rings is 1. The molecule has 0 amide bonds. The van der Waals surface area contributed by atoms with Gasteiger partial charge in [0.25, 0.3) is 0 Å². The number of nitrogens with one attached hydrogen (secondary N) is 1. The molecule has 0 spiro atoms. The van der Waals surface area contributed by atoms with Gasteiger partial charge in [-0.2, -0.15) is 0 Å². The van der Waals surface area contributed by atoms with Crippen LogP contribution in [-0.4, -0.2) is 50.2 Å². The van der Waals surface area contributed by atoms with Crippen LogP contribution in [0.3, 0.4) is 0 Å². The first-order chi connectivity index (χ1) is 9.69. The van der Waals surface area contributed by atoms with Gasteiger partial charge >= 0.3 is 0 Å². The Kier molecular flexibility index (Phi) is 4.29. The number of nitrogens with zero attached hydrogens (tertiary/aromatic N) is 3. The number of hydrogen-bond donors (Lipinski definition) is 1. The minimum atomic E-state index is 0.671. The summed E-state index contributed by atoms with van der Waals surface area (Å²) >= 11 is 1.91. The molecule has 0 aromatic carbocycles. The second kappa shape index (κ2) is 6.00. The van der Waals surface area contributed by atoms with E-state index < -0.39 is 0 Å². The van der Waals surface area contributed by atoms with Gasteiger partial charge in [-0.25, -0.2) is 4.98 Å². The Morgan fingerprint density at radius 1 is 1.35 bits per heavy atom. The van der Waals surface area contributed by atoms with Crippen molar-refractivity contribution >= 4 is 16.5 Å². The predicted molar refractivity (Wildman–Crippen MR) is 85.8 cm³/mol. The van der Waals surface area contributed by atoms with Crippen LogP contribution in [-0.2, 0) is 6.54 Å². The minimum Gasteiger partial charge on any atom is -0.347 e. The smallest absolute Gasteiger partial charge is 0.185 e. The summed E-state index contributed by atoms with van der Waals surface area (Å²) in [6.07, 6.45) is 5.26. The van der Waals surface area contributed by atoms with E-state index in [9.17, 15) is 0 Å². The van der Waals surface area contributed by atoms with E-state index in [0.717, 1.165) is 19.0 Å². The summed E-state index contributed by atoms with van der Waals surface area (Å²) < 4.78 is 0. The van der Waals surface area contributed by atoms with Crippen molar-refractivity contribution in [2.75, 3.05) is 39.1 Å². The summed E-state index contributed by atoms with van der Waals surface area (Å²) in [5.41, 5.74) is 1.38. The third-order valence-corrected chi connectivity index (χ3v) is 5.55. The van der Waals surface area contributed by atoms with Crippen LogP contribution in [0.5, 0.6) is 0 Å². The first kappa shape index (κ1) is 14.3. The summed E-state index contributed by atoms with van der Waals surface area (Å²) in [6, 6.07) is 0.671. The fraction of sp³-hybridized carbons (Fsp3) is 0.800. The molecule has 1 aliphatic heterocycles. The van der Waals surface area contributed by atoms with Gasteiger partial charge in [0, 0.05) is 36.5 Å². The molecule has 1 aliphatic carbocycles. The molecule has 4 nitrogen and oxygen atoms in total. The summed E-state index contributed by atoms with van der Waals surface area (Å²) in [4.78, 5) is 11.3. The lowest BCUT2D eigenvalue weighted by molar-refractivity contribution is 0.258. The molecular weight excluding hydrogens is 268 g/mol. The number of aromatic nitrogens is 1. The average molecular weight is 294 g/mol. The largest absolute Gasteiger partial charge is 0.347 e. The van der Waals surface area contributed by atoms with Gasteiger partial charge in [0.05, 0.1) is 5.69 Å². The van der Waals surface area contributed by atoms with Crippen LogP contribution in [0.2, 0.25) is 0 Å². The Bertz CT molecular complexity index is 453. The highest BCUT2D eigenvalue weighted by atomic mass is 32.1. The Labute approximate surface area is 126 Å². The van der Waals surface area contributed by atoms with Crippen LogP contribution in [0.15, 0.2) is 0 Å². The number of thiazole rings is 1. The Hall–Kier alpha value is -0.650. The molecule has 20 heavy (non-hydrogen) atoms. The van der Waals surface area contributed by atoms with Crippen molar-refractivity contribution in [3.8, 4) is 0 Å². The average Bonchev–Trinajstić information content (AvgIpc) is 3.21. The van der Waals surface area contributed by atoms with Gasteiger partial charge in [0.2, 0.25) is 0 Å². The van der Waals surface area contributed by atoms with E-state index in [-0.39, 0.29) is 0 Å². The zero-order valence-electron chi connectivity index (χ0n) is 12.9. The maximum atomic E-state index is 4.99. The fourth-order valence-electron chi connectivity index (χ4n) is 3.00. The van der Waals surface area contributed by atoms with Crippen molar-refractivity contribution in [2.24, 2.45) is 0 Å². The second-order valence-electron chi connectivity index (χ2n) is 6.32. The number of hydrogen-bond acceptors (Lipinski definition) is 5. The standard InChI is InChI=1S/C15H26N4S/c1-16-9-13-14(11-6-7-11)17-15(20-13)19-8-4-5-12(10-19)18(2)3/h11-12,16H,4-10H2,1-3H3. The molecule has 2 fully saturated rings. The Morgan fingerprint density at radius 2 is 2.15 bits per heavy atom. The van der Waals surface area contributed by atoms with Crippen LogP contribution in [0.25, 0.3) is 0 Å². The summed E-state index contributed by atoms with van der Waals surface area (Å²) in [5.74, 6) is 0.748. The van der Waals surface area contributed by atoms with Gasteiger partial charge in [-0.3, -0.25) is 0 Å². The molecule has 1 saturated carbocycles. The molecule has 3 rings (SSSR count). The molecule has 1 unspecified atom stereocenters. The van der Waals surface area contributed by atoms with E-state index in [1.54, 1.807) is 0 Å². The van der Waals surface area contributed by atoms with E-state index >= 15 is 0 Å². The number of anilines is 1. The SMILES string of the molecule is CNCc1sc(N2CCCC(N(C)C)C2)nc1C1CC1. The van der Waals surface area contributed by atoms with Crippen LogP contribution < -0.4 is 10.2 Å². The quantitative estimate of drug-likeness (QED) is 0.903. The number of rotatable bonds is 5. The zero-order chi connectivity index (χ0) is 14.1. The van der Waals surface area contributed by atoms with E-state index in [1.165, 1.54) is 47.9 Å². The first-order valence-corrected chi connectivity index (χ1v) is 8.56. The molecular formula is C15H26N4S. The predicted octanol–water partition coefficient (Wildman–Crippen LogP) is 2.27. The lowest BCUT2D eigenvalue weighted by Gasteiger charge is -2.35. The van der Waals surface area contributed by atoms with Crippen molar-refractivity contribution in [1.29, 1.82) is 0 Å². The molecule has 112 valence electrons. The molecule has 2 heterocycles. The van der Waals surface area contributed by atoms with Crippen LogP contribution in [0, 0.1) is 0 Å². The van der Waals surface area contributed by atoms with Gasteiger partial charge in [-0.15, -0.1) is 11.3 Å². The van der Waals surface area contributed by atoms with Crippen LogP contribution in [0.1, 0.15) is 42.2 Å².